The molecule has 0 aliphatic rings. The van der Waals surface area contributed by atoms with Gasteiger partial charge >= 0.3 is 6.18 Å². The molecule has 120 valence electrons. The number of nitrogens with zero attached hydrogens (tertiary/aromatic N) is 3. The van der Waals surface area contributed by atoms with Crippen LogP contribution in [0.25, 0.3) is 0 Å². The van der Waals surface area contributed by atoms with E-state index in [1.54, 1.807) is 11.6 Å². The van der Waals surface area contributed by atoms with E-state index < -0.39 is 17.6 Å². The van der Waals surface area contributed by atoms with E-state index in [0.29, 0.717) is 29.5 Å². The molecule has 0 unspecified atom stereocenters. The van der Waals surface area contributed by atoms with Crippen LogP contribution in [0.1, 0.15) is 17.0 Å². The molecule has 0 radical (unpaired) electrons. The van der Waals surface area contributed by atoms with Gasteiger partial charge in [-0.3, -0.25) is 0 Å². The molecule has 0 spiro atoms. The number of hydrogen-bond donors (Lipinski definition) is 1. The highest BCUT2D eigenvalue weighted by Crippen LogP contribution is 2.33. The number of nitrogens with two attached hydrogens (primary N) is 1. The molecule has 0 aliphatic carbocycles. The van der Waals surface area contributed by atoms with E-state index in [9.17, 15) is 17.6 Å². The van der Waals surface area contributed by atoms with Crippen LogP contribution in [0.3, 0.4) is 0 Å². The molecule has 0 bridgehead atoms. The van der Waals surface area contributed by atoms with E-state index in [1.807, 2.05) is 0 Å². The molecule has 0 saturated carbocycles. The summed E-state index contributed by atoms with van der Waals surface area (Å²) in [6.07, 6.45) is -4.14. The van der Waals surface area contributed by atoms with Crippen LogP contribution in [-0.2, 0) is 25.4 Å². The lowest BCUT2D eigenvalue weighted by atomic mass is 10.1. The van der Waals surface area contributed by atoms with Crippen molar-refractivity contribution < 1.29 is 17.6 Å². The topological polar surface area (TPSA) is 56.7 Å². The average molecular weight is 334 g/mol. The normalized spacial score (nSPS) is 11.9. The Kier molecular flexibility index (Phi) is 5.07. The van der Waals surface area contributed by atoms with E-state index in [1.165, 1.54) is 17.8 Å². The van der Waals surface area contributed by atoms with Crippen molar-refractivity contribution in [3.05, 3.63) is 41.0 Å². The van der Waals surface area contributed by atoms with E-state index >= 15 is 0 Å². The Balaban J connectivity index is 2.12. The summed E-state index contributed by atoms with van der Waals surface area (Å²) in [7, 11) is 1.76. The maximum absolute atomic E-state index is 13.2. The van der Waals surface area contributed by atoms with Gasteiger partial charge in [0.2, 0.25) is 0 Å². The first-order chi connectivity index (χ1) is 10.3. The van der Waals surface area contributed by atoms with E-state index in [4.69, 9.17) is 5.73 Å². The van der Waals surface area contributed by atoms with Crippen molar-refractivity contribution in [3.8, 4) is 0 Å². The smallest absolute Gasteiger partial charge is 0.330 e. The predicted octanol–water partition coefficient (Wildman–Crippen LogP) is 2.77. The Morgan fingerprint density at radius 1 is 1.27 bits per heavy atom. The van der Waals surface area contributed by atoms with Crippen molar-refractivity contribution in [3.63, 3.8) is 0 Å². The van der Waals surface area contributed by atoms with Gasteiger partial charge < -0.3 is 10.3 Å². The van der Waals surface area contributed by atoms with Crippen LogP contribution in [0, 0.1) is 5.82 Å². The Hall–Kier alpha value is -1.61. The molecule has 0 fully saturated rings. The predicted molar refractivity (Wildman–Crippen MR) is 74.7 cm³/mol. The minimum Gasteiger partial charge on any atom is -0.330 e. The molecule has 2 N–H and O–H groups in total. The largest absolute Gasteiger partial charge is 0.419 e. The van der Waals surface area contributed by atoms with Crippen molar-refractivity contribution in [1.29, 1.82) is 0 Å². The molecular formula is C13H14F4N4S. The van der Waals surface area contributed by atoms with Crippen molar-refractivity contribution in [2.75, 3.05) is 6.54 Å². The van der Waals surface area contributed by atoms with Crippen LogP contribution in [-0.4, -0.2) is 21.3 Å². The maximum Gasteiger partial charge on any atom is 0.419 e. The number of thioether (sulfide) groups is 1. The average Bonchev–Trinajstić information content (AvgIpc) is 2.78. The lowest BCUT2D eigenvalue weighted by Gasteiger charge is -2.10. The maximum atomic E-state index is 13.2. The van der Waals surface area contributed by atoms with Gasteiger partial charge in [-0.15, -0.1) is 10.2 Å². The van der Waals surface area contributed by atoms with Crippen LogP contribution in [0.4, 0.5) is 17.6 Å². The lowest BCUT2D eigenvalue weighted by molar-refractivity contribution is -0.140. The van der Waals surface area contributed by atoms with E-state index in [0.717, 1.165) is 12.1 Å². The van der Waals surface area contributed by atoms with E-state index in [-0.39, 0.29) is 5.75 Å². The second-order valence-corrected chi connectivity index (χ2v) is 5.54. The minimum atomic E-state index is -4.70. The summed E-state index contributed by atoms with van der Waals surface area (Å²) >= 11 is 1.23. The minimum absolute atomic E-state index is 0.234. The quantitative estimate of drug-likeness (QED) is 0.675. The monoisotopic (exact) mass is 334 g/mol. The van der Waals surface area contributed by atoms with Crippen molar-refractivity contribution >= 4 is 11.8 Å². The third kappa shape index (κ3) is 3.77. The molecule has 22 heavy (non-hydrogen) atoms. The van der Waals surface area contributed by atoms with Gasteiger partial charge in [0.1, 0.15) is 11.6 Å². The molecule has 0 saturated heterocycles. The van der Waals surface area contributed by atoms with Gasteiger partial charge in [-0.25, -0.2) is 4.39 Å². The van der Waals surface area contributed by atoms with Crippen molar-refractivity contribution in [1.82, 2.24) is 14.8 Å². The molecule has 0 aliphatic heterocycles. The first-order valence-electron chi connectivity index (χ1n) is 6.39. The third-order valence-corrected chi connectivity index (χ3v) is 4.09. The summed E-state index contributed by atoms with van der Waals surface area (Å²) in [6.45, 7) is 0.434. The summed E-state index contributed by atoms with van der Waals surface area (Å²) in [5.74, 6) is -0.331. The molecule has 2 aromatic rings. The van der Waals surface area contributed by atoms with Gasteiger partial charge in [-0.1, -0.05) is 17.8 Å². The van der Waals surface area contributed by atoms with Crippen molar-refractivity contribution in [2.45, 2.75) is 23.5 Å². The van der Waals surface area contributed by atoms with Crippen molar-refractivity contribution in [2.24, 2.45) is 12.8 Å². The number of rotatable bonds is 5. The fourth-order valence-electron chi connectivity index (χ4n) is 1.84. The second kappa shape index (κ2) is 6.66. The zero-order valence-electron chi connectivity index (χ0n) is 11.7. The zero-order valence-corrected chi connectivity index (χ0v) is 12.5. The SMILES string of the molecule is Cn1c(CCN)nnc1SCc1ccc(F)c(C(F)(F)F)c1. The third-order valence-electron chi connectivity index (χ3n) is 3.00. The Labute approximate surface area is 128 Å². The van der Waals surface area contributed by atoms with Crippen LogP contribution < -0.4 is 5.73 Å². The standard InChI is InChI=1S/C13H14F4N4S/c1-21-11(4-5-18)19-20-12(21)22-7-8-2-3-10(14)9(6-8)13(15,16)17/h2-3,6H,4-5,7,18H2,1H3. The summed E-state index contributed by atoms with van der Waals surface area (Å²) in [5.41, 5.74) is 4.55. The number of aromatic nitrogens is 3. The first kappa shape index (κ1) is 16.8. The van der Waals surface area contributed by atoms with Gasteiger partial charge in [-0.2, -0.15) is 13.2 Å². The highest BCUT2D eigenvalue weighted by atomic mass is 32.2. The fraction of sp³-hybridized carbons (Fsp3) is 0.385. The number of hydrogen-bond acceptors (Lipinski definition) is 4. The molecule has 1 aromatic carbocycles. The molecule has 1 heterocycles. The lowest BCUT2D eigenvalue weighted by Crippen LogP contribution is -2.09. The summed E-state index contributed by atoms with van der Waals surface area (Å²) in [6, 6.07) is 2.98. The van der Waals surface area contributed by atoms with Gasteiger partial charge in [0.15, 0.2) is 5.16 Å². The Bertz CT molecular complexity index is 654. The van der Waals surface area contributed by atoms with E-state index in [2.05, 4.69) is 10.2 Å². The molecule has 0 atom stereocenters. The first-order valence-corrected chi connectivity index (χ1v) is 7.38. The van der Waals surface area contributed by atoms with Crippen LogP contribution in [0.5, 0.6) is 0 Å². The molecule has 2 rings (SSSR count). The van der Waals surface area contributed by atoms with Gasteiger partial charge in [-0.05, 0) is 24.2 Å². The molecule has 0 amide bonds. The van der Waals surface area contributed by atoms with Crippen LogP contribution in [0.15, 0.2) is 23.4 Å². The highest BCUT2D eigenvalue weighted by molar-refractivity contribution is 7.98. The Morgan fingerprint density at radius 2 is 2.00 bits per heavy atom. The van der Waals surface area contributed by atoms with Gasteiger partial charge in [0, 0.05) is 19.2 Å². The zero-order chi connectivity index (χ0) is 16.3. The summed E-state index contributed by atoms with van der Waals surface area (Å²) in [4.78, 5) is 0. The number of halogens is 4. The second-order valence-electron chi connectivity index (χ2n) is 4.60. The number of alkyl halides is 3. The van der Waals surface area contributed by atoms with Gasteiger partial charge in [0.05, 0.1) is 5.56 Å². The molecule has 1 aromatic heterocycles. The Morgan fingerprint density at radius 3 is 2.64 bits per heavy atom. The molecule has 4 nitrogen and oxygen atoms in total. The van der Waals surface area contributed by atoms with Gasteiger partial charge in [0.25, 0.3) is 0 Å². The summed E-state index contributed by atoms with van der Waals surface area (Å²) in [5, 5.41) is 8.49. The van der Waals surface area contributed by atoms with Crippen LogP contribution in [0.2, 0.25) is 0 Å². The summed E-state index contributed by atoms with van der Waals surface area (Å²) < 4.78 is 52.9. The van der Waals surface area contributed by atoms with Crippen LogP contribution >= 0.6 is 11.8 Å². The highest BCUT2D eigenvalue weighted by Gasteiger charge is 2.34. The fourth-order valence-corrected chi connectivity index (χ4v) is 2.72. The molecular weight excluding hydrogens is 320 g/mol. The number of benzene rings is 1. The molecule has 9 heteroatoms.